The molecule has 1 atom stereocenters. The summed E-state index contributed by atoms with van der Waals surface area (Å²) in [5.74, 6) is 0.0861. The Balaban J connectivity index is 2.27. The first kappa shape index (κ1) is 12.3. The number of carbonyl (C=O) groups is 1. The maximum Gasteiger partial charge on any atom is 0.233 e. The number of nitrogens with zero attached hydrogens (tertiary/aromatic N) is 1. The first-order valence-electron chi connectivity index (χ1n) is 4.93. The zero-order chi connectivity index (χ0) is 11.5. The molecule has 1 amide bonds. The normalized spacial score (nSPS) is 20.1. The highest BCUT2D eigenvalue weighted by Crippen LogP contribution is 2.33. The number of fused-ring (bicyclic) bond motifs is 1. The Labute approximate surface area is 112 Å². The van der Waals surface area contributed by atoms with Crippen molar-refractivity contribution in [3.63, 3.8) is 0 Å². The lowest BCUT2D eigenvalue weighted by Crippen LogP contribution is -2.34. The smallest absolute Gasteiger partial charge is 0.233 e. The number of hydrogen-bond acceptors (Lipinski definition) is 2. The van der Waals surface area contributed by atoms with Crippen LogP contribution in [0.3, 0.4) is 0 Å². The highest BCUT2D eigenvalue weighted by atomic mass is 79.9. The Hall–Kier alpha value is -0.190. The third-order valence-corrected chi connectivity index (χ3v) is 4.36. The third-order valence-electron chi connectivity index (χ3n) is 2.42. The predicted octanol–water partition coefficient (Wildman–Crippen LogP) is 3.08. The van der Waals surface area contributed by atoms with E-state index < -0.39 is 0 Å². The number of thioether (sulfide) groups is 1. The van der Waals surface area contributed by atoms with Crippen LogP contribution < -0.4 is 0 Å². The summed E-state index contributed by atoms with van der Waals surface area (Å²) in [5, 5.41) is 0.351. The van der Waals surface area contributed by atoms with E-state index in [1.54, 1.807) is 16.7 Å². The number of hydrogen-bond donors (Lipinski definition) is 0. The molecule has 1 aromatic carbocycles. The second kappa shape index (κ2) is 5.43. The van der Waals surface area contributed by atoms with E-state index in [9.17, 15) is 4.79 Å². The van der Waals surface area contributed by atoms with E-state index in [0.29, 0.717) is 18.4 Å². The Morgan fingerprint density at radius 1 is 1.56 bits per heavy atom. The van der Waals surface area contributed by atoms with Crippen LogP contribution in [0.4, 0.5) is 0 Å². The molecule has 0 saturated heterocycles. The van der Waals surface area contributed by atoms with Gasteiger partial charge in [-0.3, -0.25) is 4.79 Å². The van der Waals surface area contributed by atoms with Crippen molar-refractivity contribution in [1.82, 2.24) is 4.90 Å². The van der Waals surface area contributed by atoms with E-state index in [0.717, 1.165) is 0 Å². The van der Waals surface area contributed by atoms with Gasteiger partial charge in [-0.15, -0.1) is 23.4 Å². The maximum atomic E-state index is 11.7. The van der Waals surface area contributed by atoms with Crippen molar-refractivity contribution < 1.29 is 4.79 Å². The van der Waals surface area contributed by atoms with Crippen molar-refractivity contribution >= 4 is 45.2 Å². The van der Waals surface area contributed by atoms with Gasteiger partial charge in [0.05, 0.1) is 5.33 Å². The van der Waals surface area contributed by atoms with E-state index >= 15 is 0 Å². The van der Waals surface area contributed by atoms with Crippen LogP contribution in [0.2, 0.25) is 0 Å². The van der Waals surface area contributed by atoms with Crippen molar-refractivity contribution in [2.24, 2.45) is 0 Å². The first-order chi connectivity index (χ1) is 7.70. The number of amides is 1. The minimum Gasteiger partial charge on any atom is -0.335 e. The molecule has 2 nitrogen and oxygen atoms in total. The van der Waals surface area contributed by atoms with Crippen LogP contribution >= 0.6 is 39.3 Å². The molecule has 1 aliphatic rings. The van der Waals surface area contributed by atoms with Crippen molar-refractivity contribution in [3.8, 4) is 0 Å². The Kier molecular flexibility index (Phi) is 4.16. The molecule has 2 rings (SSSR count). The van der Waals surface area contributed by atoms with Crippen molar-refractivity contribution in [2.75, 3.05) is 11.9 Å². The van der Waals surface area contributed by atoms with E-state index in [-0.39, 0.29) is 10.6 Å². The van der Waals surface area contributed by atoms with Gasteiger partial charge in [-0.2, -0.15) is 0 Å². The molecule has 0 bridgehead atoms. The summed E-state index contributed by atoms with van der Waals surface area (Å²) in [4.78, 5) is 14.7. The molecule has 0 spiro atoms. The van der Waals surface area contributed by atoms with Gasteiger partial charge in [0.15, 0.2) is 0 Å². The van der Waals surface area contributed by atoms with E-state index in [1.165, 1.54) is 10.5 Å². The summed E-state index contributed by atoms with van der Waals surface area (Å²) in [6.45, 7) is 1.24. The quantitative estimate of drug-likeness (QED) is 0.741. The standard InChI is InChI=1S/C11H11BrClNOS/c12-5-11(15)14-6-8-3-1-2-4-9(8)16-10(13)7-14/h1-4,10H,5-7H2. The molecule has 86 valence electrons. The number of rotatable bonds is 1. The summed E-state index contributed by atoms with van der Waals surface area (Å²) in [7, 11) is 0. The molecular formula is C11H11BrClNOS. The van der Waals surface area contributed by atoms with Gasteiger partial charge in [0.1, 0.15) is 4.71 Å². The fourth-order valence-electron chi connectivity index (χ4n) is 1.64. The number of carbonyl (C=O) groups excluding carboxylic acids is 1. The molecule has 1 aliphatic heterocycles. The van der Waals surface area contributed by atoms with Gasteiger partial charge in [-0.25, -0.2) is 0 Å². The minimum absolute atomic E-state index is 0.0772. The van der Waals surface area contributed by atoms with Crippen molar-refractivity contribution in [3.05, 3.63) is 29.8 Å². The molecule has 5 heteroatoms. The van der Waals surface area contributed by atoms with Gasteiger partial charge in [0.2, 0.25) is 5.91 Å². The average molecular weight is 321 g/mol. The number of benzene rings is 1. The Bertz CT molecular complexity index is 401. The minimum atomic E-state index is -0.0772. The number of alkyl halides is 2. The second-order valence-electron chi connectivity index (χ2n) is 3.54. The fraction of sp³-hybridized carbons (Fsp3) is 0.364. The lowest BCUT2D eigenvalue weighted by Gasteiger charge is -2.20. The zero-order valence-electron chi connectivity index (χ0n) is 8.53. The van der Waals surface area contributed by atoms with Crippen molar-refractivity contribution in [1.29, 1.82) is 0 Å². The summed E-state index contributed by atoms with van der Waals surface area (Å²) >= 11 is 11.0. The van der Waals surface area contributed by atoms with Crippen LogP contribution in [-0.4, -0.2) is 27.4 Å². The molecule has 1 unspecified atom stereocenters. The zero-order valence-corrected chi connectivity index (χ0v) is 11.7. The summed E-state index contributed by atoms with van der Waals surface area (Å²) in [6, 6.07) is 8.09. The molecule has 0 aliphatic carbocycles. The maximum absolute atomic E-state index is 11.7. The van der Waals surface area contributed by atoms with E-state index in [1.807, 2.05) is 18.2 Å². The molecular weight excluding hydrogens is 310 g/mol. The molecule has 0 radical (unpaired) electrons. The van der Waals surface area contributed by atoms with Crippen LogP contribution in [0, 0.1) is 0 Å². The fourth-order valence-corrected chi connectivity index (χ4v) is 3.42. The molecule has 0 saturated carbocycles. The monoisotopic (exact) mass is 319 g/mol. The van der Waals surface area contributed by atoms with Gasteiger partial charge in [0, 0.05) is 18.0 Å². The second-order valence-corrected chi connectivity index (χ2v) is 6.13. The number of halogens is 2. The van der Waals surface area contributed by atoms with Gasteiger partial charge in [-0.1, -0.05) is 34.1 Å². The van der Waals surface area contributed by atoms with Gasteiger partial charge in [-0.05, 0) is 11.6 Å². The van der Waals surface area contributed by atoms with E-state index in [2.05, 4.69) is 22.0 Å². The summed E-state index contributed by atoms with van der Waals surface area (Å²) in [5.41, 5.74) is 1.17. The summed E-state index contributed by atoms with van der Waals surface area (Å²) < 4.78 is -0.0772. The predicted molar refractivity (Wildman–Crippen MR) is 71.2 cm³/mol. The highest BCUT2D eigenvalue weighted by molar-refractivity contribution is 9.09. The Morgan fingerprint density at radius 2 is 2.31 bits per heavy atom. The van der Waals surface area contributed by atoms with Crippen LogP contribution in [0.1, 0.15) is 5.56 Å². The lowest BCUT2D eigenvalue weighted by atomic mass is 10.2. The van der Waals surface area contributed by atoms with Crippen LogP contribution in [0.15, 0.2) is 29.2 Å². The molecule has 1 heterocycles. The van der Waals surface area contributed by atoms with Gasteiger partial charge >= 0.3 is 0 Å². The largest absolute Gasteiger partial charge is 0.335 e. The summed E-state index contributed by atoms with van der Waals surface area (Å²) in [6.07, 6.45) is 0. The Morgan fingerprint density at radius 3 is 3.06 bits per heavy atom. The third kappa shape index (κ3) is 2.73. The topological polar surface area (TPSA) is 20.3 Å². The van der Waals surface area contributed by atoms with Crippen LogP contribution in [-0.2, 0) is 11.3 Å². The molecule has 0 fully saturated rings. The SMILES string of the molecule is O=C(CBr)N1Cc2ccccc2SC(Cl)C1. The molecule has 16 heavy (non-hydrogen) atoms. The van der Waals surface area contributed by atoms with Gasteiger partial charge in [0.25, 0.3) is 0 Å². The van der Waals surface area contributed by atoms with Crippen molar-refractivity contribution in [2.45, 2.75) is 16.1 Å². The average Bonchev–Trinajstić information content (AvgIpc) is 2.45. The van der Waals surface area contributed by atoms with E-state index in [4.69, 9.17) is 11.6 Å². The molecule has 0 aromatic heterocycles. The van der Waals surface area contributed by atoms with Crippen LogP contribution in [0.5, 0.6) is 0 Å². The first-order valence-corrected chi connectivity index (χ1v) is 7.37. The lowest BCUT2D eigenvalue weighted by molar-refractivity contribution is -0.128. The highest BCUT2D eigenvalue weighted by Gasteiger charge is 2.23. The molecule has 1 aromatic rings. The molecule has 0 N–H and O–H groups in total. The van der Waals surface area contributed by atoms with Crippen LogP contribution in [0.25, 0.3) is 0 Å². The van der Waals surface area contributed by atoms with Gasteiger partial charge < -0.3 is 4.90 Å².